The second kappa shape index (κ2) is 8.86. The van der Waals surface area contributed by atoms with Gasteiger partial charge in [-0.1, -0.05) is 42.5 Å². The lowest BCUT2D eigenvalue weighted by Gasteiger charge is -2.21. The molecule has 0 saturated carbocycles. The molecule has 1 aliphatic rings. The van der Waals surface area contributed by atoms with Gasteiger partial charge in [0.25, 0.3) is 5.91 Å². The summed E-state index contributed by atoms with van der Waals surface area (Å²) < 4.78 is 12.9. The van der Waals surface area contributed by atoms with Gasteiger partial charge in [-0.15, -0.1) is 0 Å². The average molecular weight is 397 g/mol. The van der Waals surface area contributed by atoms with Crippen molar-refractivity contribution in [1.82, 2.24) is 15.5 Å². The van der Waals surface area contributed by atoms with E-state index in [0.29, 0.717) is 25.8 Å². The molecule has 0 bridgehead atoms. The Hall–Kier alpha value is -3.22. The second-order valence-corrected chi connectivity index (χ2v) is 7.37. The summed E-state index contributed by atoms with van der Waals surface area (Å²) in [5, 5.41) is 5.41. The third kappa shape index (κ3) is 5.19. The summed E-state index contributed by atoms with van der Waals surface area (Å²) >= 11 is 0. The Kier molecular flexibility index (Phi) is 6.26. The molecule has 1 heterocycles. The van der Waals surface area contributed by atoms with E-state index in [2.05, 4.69) is 10.6 Å². The van der Waals surface area contributed by atoms with Crippen molar-refractivity contribution in [2.24, 2.45) is 0 Å². The number of amides is 4. The van der Waals surface area contributed by atoms with Gasteiger partial charge in [0.1, 0.15) is 17.9 Å². The van der Waals surface area contributed by atoms with Gasteiger partial charge in [0, 0.05) is 6.54 Å². The number of hydrogen-bond acceptors (Lipinski definition) is 3. The molecule has 4 amide bonds. The third-order valence-corrected chi connectivity index (χ3v) is 5.05. The van der Waals surface area contributed by atoms with Gasteiger partial charge in [-0.2, -0.15) is 0 Å². The molecule has 2 N–H and O–H groups in total. The minimum absolute atomic E-state index is 0.313. The highest BCUT2D eigenvalue weighted by atomic mass is 19.1. The summed E-state index contributed by atoms with van der Waals surface area (Å²) in [7, 11) is 0. The van der Waals surface area contributed by atoms with Gasteiger partial charge in [-0.05, 0) is 49.4 Å². The Morgan fingerprint density at radius 1 is 1.03 bits per heavy atom. The number of benzene rings is 2. The first-order chi connectivity index (χ1) is 13.9. The zero-order valence-corrected chi connectivity index (χ0v) is 16.3. The van der Waals surface area contributed by atoms with Crippen LogP contribution in [0.4, 0.5) is 9.18 Å². The highest BCUT2D eigenvalue weighted by Crippen LogP contribution is 2.23. The summed E-state index contributed by atoms with van der Waals surface area (Å²) in [6.45, 7) is 1.69. The zero-order chi connectivity index (χ0) is 20.9. The minimum Gasteiger partial charge on any atom is -0.354 e. The molecule has 0 radical (unpaired) electrons. The first-order valence-corrected chi connectivity index (χ1v) is 9.56. The number of nitrogens with zero attached hydrogens (tertiary/aromatic N) is 1. The van der Waals surface area contributed by atoms with Crippen LogP contribution >= 0.6 is 0 Å². The van der Waals surface area contributed by atoms with Crippen molar-refractivity contribution >= 4 is 17.8 Å². The molecular formula is C22H24FN3O3. The zero-order valence-electron chi connectivity index (χ0n) is 16.3. The molecule has 29 heavy (non-hydrogen) atoms. The van der Waals surface area contributed by atoms with Crippen LogP contribution in [0.2, 0.25) is 0 Å². The number of nitrogens with one attached hydrogen (secondary N) is 2. The number of carbonyl (C=O) groups is 3. The Morgan fingerprint density at radius 3 is 2.38 bits per heavy atom. The Balaban J connectivity index is 1.49. The lowest BCUT2D eigenvalue weighted by molar-refractivity contribution is -0.134. The van der Waals surface area contributed by atoms with E-state index in [4.69, 9.17) is 0 Å². The molecule has 2 aromatic carbocycles. The van der Waals surface area contributed by atoms with Crippen molar-refractivity contribution in [2.45, 2.75) is 31.7 Å². The molecule has 3 rings (SSSR count). The maximum absolute atomic E-state index is 12.9. The van der Waals surface area contributed by atoms with Crippen molar-refractivity contribution in [1.29, 1.82) is 0 Å². The van der Waals surface area contributed by atoms with Gasteiger partial charge < -0.3 is 10.6 Å². The van der Waals surface area contributed by atoms with E-state index in [9.17, 15) is 18.8 Å². The predicted molar refractivity (Wildman–Crippen MR) is 107 cm³/mol. The third-order valence-electron chi connectivity index (χ3n) is 5.05. The number of rotatable bonds is 8. The lowest BCUT2D eigenvalue weighted by Crippen LogP contribution is -2.45. The number of hydrogen-bond donors (Lipinski definition) is 2. The number of aryl methyl sites for hydroxylation is 1. The van der Waals surface area contributed by atoms with Gasteiger partial charge >= 0.3 is 6.03 Å². The molecule has 0 unspecified atom stereocenters. The standard InChI is InChI=1S/C22H24FN3O3/c1-22(13-11-16-5-3-2-4-6-16)20(28)26(21(29)25-22)15-19(27)24-14-12-17-7-9-18(23)10-8-17/h2-10H,11-15H2,1H3,(H,24,27)(H,25,29)/t22-/m1/s1. The van der Waals surface area contributed by atoms with Crippen LogP contribution in [0.1, 0.15) is 24.5 Å². The van der Waals surface area contributed by atoms with Crippen molar-refractivity contribution in [3.8, 4) is 0 Å². The summed E-state index contributed by atoms with van der Waals surface area (Å²) in [4.78, 5) is 38.1. The fourth-order valence-corrected chi connectivity index (χ4v) is 3.30. The largest absolute Gasteiger partial charge is 0.354 e. The predicted octanol–water partition coefficient (Wildman–Crippen LogP) is 2.43. The molecule has 0 aliphatic carbocycles. The Morgan fingerprint density at radius 2 is 1.69 bits per heavy atom. The van der Waals surface area contributed by atoms with Crippen LogP contribution in [-0.2, 0) is 22.4 Å². The van der Waals surface area contributed by atoms with E-state index in [1.807, 2.05) is 30.3 Å². The molecule has 0 spiro atoms. The maximum Gasteiger partial charge on any atom is 0.325 e. The molecule has 1 saturated heterocycles. The minimum atomic E-state index is -1.03. The van der Waals surface area contributed by atoms with Crippen LogP contribution in [-0.4, -0.2) is 41.4 Å². The molecule has 2 aromatic rings. The number of carbonyl (C=O) groups excluding carboxylic acids is 3. The van der Waals surface area contributed by atoms with Crippen molar-refractivity contribution in [3.05, 3.63) is 71.5 Å². The summed E-state index contributed by atoms with van der Waals surface area (Å²) in [5.74, 6) is -1.12. The topological polar surface area (TPSA) is 78.5 Å². The van der Waals surface area contributed by atoms with Crippen LogP contribution < -0.4 is 10.6 Å². The molecule has 1 atom stereocenters. The van der Waals surface area contributed by atoms with E-state index >= 15 is 0 Å². The first kappa shape index (κ1) is 20.5. The fourth-order valence-electron chi connectivity index (χ4n) is 3.30. The van der Waals surface area contributed by atoms with E-state index in [1.54, 1.807) is 19.1 Å². The lowest BCUT2D eigenvalue weighted by atomic mass is 9.93. The number of halogens is 1. The van der Waals surface area contributed by atoms with Crippen LogP contribution in [0.3, 0.4) is 0 Å². The van der Waals surface area contributed by atoms with E-state index in [-0.39, 0.29) is 12.4 Å². The van der Waals surface area contributed by atoms with E-state index in [1.165, 1.54) is 12.1 Å². The van der Waals surface area contributed by atoms with Crippen LogP contribution in [0.5, 0.6) is 0 Å². The molecule has 0 aromatic heterocycles. The average Bonchev–Trinajstić information content (AvgIpc) is 2.92. The van der Waals surface area contributed by atoms with Crippen molar-refractivity contribution in [2.75, 3.05) is 13.1 Å². The normalized spacial score (nSPS) is 18.6. The fraction of sp³-hybridized carbons (Fsp3) is 0.318. The summed E-state index contributed by atoms with van der Waals surface area (Å²) in [6, 6.07) is 15.2. The summed E-state index contributed by atoms with van der Waals surface area (Å²) in [6.07, 6.45) is 1.62. The maximum atomic E-state index is 12.9. The van der Waals surface area contributed by atoms with Crippen LogP contribution in [0.15, 0.2) is 54.6 Å². The van der Waals surface area contributed by atoms with E-state index < -0.39 is 23.4 Å². The monoisotopic (exact) mass is 397 g/mol. The molecular weight excluding hydrogens is 373 g/mol. The molecule has 1 fully saturated rings. The van der Waals surface area contributed by atoms with Crippen LogP contribution in [0.25, 0.3) is 0 Å². The smallest absolute Gasteiger partial charge is 0.325 e. The van der Waals surface area contributed by atoms with Crippen LogP contribution in [0, 0.1) is 5.82 Å². The van der Waals surface area contributed by atoms with Gasteiger partial charge in [0.05, 0.1) is 0 Å². The van der Waals surface area contributed by atoms with Gasteiger partial charge in [-0.3, -0.25) is 14.5 Å². The first-order valence-electron chi connectivity index (χ1n) is 9.56. The van der Waals surface area contributed by atoms with E-state index in [0.717, 1.165) is 16.0 Å². The second-order valence-electron chi connectivity index (χ2n) is 7.37. The van der Waals surface area contributed by atoms with Gasteiger partial charge in [-0.25, -0.2) is 9.18 Å². The molecule has 152 valence electrons. The Bertz CT molecular complexity index is 886. The van der Waals surface area contributed by atoms with Gasteiger partial charge in [0.2, 0.25) is 5.91 Å². The van der Waals surface area contributed by atoms with Crippen molar-refractivity contribution < 1.29 is 18.8 Å². The molecule has 1 aliphatic heterocycles. The molecule has 6 nitrogen and oxygen atoms in total. The summed E-state index contributed by atoms with van der Waals surface area (Å²) in [5.41, 5.74) is 0.935. The molecule has 7 heteroatoms. The number of imide groups is 1. The van der Waals surface area contributed by atoms with Crippen molar-refractivity contribution in [3.63, 3.8) is 0 Å². The highest BCUT2D eigenvalue weighted by molar-refractivity contribution is 6.08. The Labute approximate surface area is 169 Å². The highest BCUT2D eigenvalue weighted by Gasteiger charge is 2.47. The SMILES string of the molecule is C[C@]1(CCc2ccccc2)NC(=O)N(CC(=O)NCCc2ccc(F)cc2)C1=O. The quantitative estimate of drug-likeness (QED) is 0.672. The van der Waals surface area contributed by atoms with Gasteiger partial charge in [0.15, 0.2) is 0 Å². The number of urea groups is 1.